The Labute approximate surface area is 43.7 Å². The maximum Gasteiger partial charge on any atom is 0.0277 e. The first kappa shape index (κ1) is 6.37. The van der Waals surface area contributed by atoms with Crippen molar-refractivity contribution >= 4 is 6.21 Å². The van der Waals surface area contributed by atoms with Crippen LogP contribution in [0.25, 0.3) is 0 Å². The Morgan fingerprint density at radius 1 is 1.71 bits per heavy atom. The highest BCUT2D eigenvalue weighted by Crippen LogP contribution is 1.60. The van der Waals surface area contributed by atoms with Gasteiger partial charge in [0.2, 0.25) is 0 Å². The second-order valence-corrected chi connectivity index (χ2v) is 1.07. The molecule has 0 rings (SSSR count). The van der Waals surface area contributed by atoms with E-state index in [2.05, 4.69) is 4.99 Å². The van der Waals surface area contributed by atoms with Crippen LogP contribution >= 0.6 is 0 Å². The van der Waals surface area contributed by atoms with E-state index in [1.807, 2.05) is 12.2 Å². The molecular weight excluding hydrogens is 88.1 g/mol. The molecule has 0 aromatic heterocycles. The lowest BCUT2D eigenvalue weighted by Gasteiger charge is -1.71. The number of allylic oxidation sites excluding steroid dienone is 1. The summed E-state index contributed by atoms with van der Waals surface area (Å²) in [6, 6.07) is 0. The Bertz CT molecular complexity index is 74.1. The normalized spacial score (nSPS) is 11.7. The molecule has 40 valence electrons. The molecule has 2 heteroatoms. The quantitative estimate of drug-likeness (QED) is 0.492. The van der Waals surface area contributed by atoms with Gasteiger partial charge >= 0.3 is 0 Å². The van der Waals surface area contributed by atoms with Crippen LogP contribution in [0.3, 0.4) is 0 Å². The molecule has 0 aromatic rings. The van der Waals surface area contributed by atoms with Gasteiger partial charge < -0.3 is 5.73 Å². The van der Waals surface area contributed by atoms with Crippen molar-refractivity contribution in [2.75, 3.05) is 13.6 Å². The van der Waals surface area contributed by atoms with Crippen molar-refractivity contribution in [2.45, 2.75) is 0 Å². The predicted molar refractivity (Wildman–Crippen MR) is 32.6 cm³/mol. The van der Waals surface area contributed by atoms with Crippen LogP contribution in [0.1, 0.15) is 0 Å². The monoisotopic (exact) mass is 98.1 g/mol. The fourth-order valence-electron chi connectivity index (χ4n) is 0.225. The van der Waals surface area contributed by atoms with Crippen molar-refractivity contribution < 1.29 is 0 Å². The summed E-state index contributed by atoms with van der Waals surface area (Å²) in [7, 11) is 1.72. The second kappa shape index (κ2) is 5.37. The summed E-state index contributed by atoms with van der Waals surface area (Å²) >= 11 is 0. The molecule has 0 radical (unpaired) electrons. The molecule has 0 amide bonds. The predicted octanol–water partition coefficient (Wildman–Crippen LogP) is 0.202. The highest BCUT2D eigenvalue weighted by Gasteiger charge is 1.57. The third-order valence-electron chi connectivity index (χ3n) is 0.507. The maximum absolute atomic E-state index is 5.12. The molecule has 0 saturated heterocycles. The number of aliphatic imine (C=N–C) groups is 1. The minimum Gasteiger partial charge on any atom is -0.327 e. The fraction of sp³-hybridized carbons (Fsp3) is 0.400. The average Bonchev–Trinajstić information content (AvgIpc) is 1.69. The molecular formula is C5H10N2. The number of rotatable bonds is 2. The summed E-state index contributed by atoms with van der Waals surface area (Å²) in [4.78, 5) is 3.71. The van der Waals surface area contributed by atoms with Crippen molar-refractivity contribution in [3.8, 4) is 0 Å². The van der Waals surface area contributed by atoms with Gasteiger partial charge in [-0.2, -0.15) is 0 Å². The zero-order valence-electron chi connectivity index (χ0n) is 4.46. The Hall–Kier alpha value is -0.630. The molecule has 0 aliphatic carbocycles. The first-order valence-corrected chi connectivity index (χ1v) is 2.19. The number of nitrogens with two attached hydrogens (primary N) is 1. The van der Waals surface area contributed by atoms with E-state index in [9.17, 15) is 0 Å². The van der Waals surface area contributed by atoms with Gasteiger partial charge in [0, 0.05) is 19.8 Å². The van der Waals surface area contributed by atoms with E-state index in [1.54, 1.807) is 13.3 Å². The van der Waals surface area contributed by atoms with Gasteiger partial charge in [-0.3, -0.25) is 4.99 Å². The summed E-state index contributed by atoms with van der Waals surface area (Å²) < 4.78 is 0. The Morgan fingerprint density at radius 3 is 2.86 bits per heavy atom. The zero-order chi connectivity index (χ0) is 5.54. The Balaban J connectivity index is 3.09. The summed E-state index contributed by atoms with van der Waals surface area (Å²) in [5, 5.41) is 0. The summed E-state index contributed by atoms with van der Waals surface area (Å²) in [5.74, 6) is 0. The van der Waals surface area contributed by atoms with E-state index >= 15 is 0 Å². The summed E-state index contributed by atoms with van der Waals surface area (Å²) in [6.45, 7) is 0.589. The number of hydrogen-bond donors (Lipinski definition) is 1. The lowest BCUT2D eigenvalue weighted by Crippen LogP contribution is -1.91. The van der Waals surface area contributed by atoms with Crippen LogP contribution in [0.5, 0.6) is 0 Å². The van der Waals surface area contributed by atoms with Crippen LogP contribution in [0.2, 0.25) is 0 Å². The number of hydrogen-bond acceptors (Lipinski definition) is 2. The van der Waals surface area contributed by atoms with Crippen molar-refractivity contribution in [1.82, 2.24) is 0 Å². The molecule has 0 atom stereocenters. The van der Waals surface area contributed by atoms with Gasteiger partial charge in [0.15, 0.2) is 0 Å². The molecule has 0 unspecified atom stereocenters. The summed E-state index contributed by atoms with van der Waals surface area (Å²) in [5.41, 5.74) is 5.12. The van der Waals surface area contributed by atoms with Crippen LogP contribution in [0.4, 0.5) is 0 Å². The topological polar surface area (TPSA) is 38.4 Å². The Morgan fingerprint density at radius 2 is 2.43 bits per heavy atom. The third kappa shape index (κ3) is 5.37. The van der Waals surface area contributed by atoms with Crippen LogP contribution in [-0.4, -0.2) is 19.8 Å². The van der Waals surface area contributed by atoms with E-state index in [1.165, 1.54) is 0 Å². The van der Waals surface area contributed by atoms with Crippen LogP contribution < -0.4 is 5.73 Å². The highest BCUT2D eigenvalue weighted by atomic mass is 14.6. The van der Waals surface area contributed by atoms with Gasteiger partial charge in [-0.1, -0.05) is 6.08 Å². The van der Waals surface area contributed by atoms with Gasteiger partial charge in [0.05, 0.1) is 0 Å². The van der Waals surface area contributed by atoms with E-state index in [4.69, 9.17) is 5.73 Å². The van der Waals surface area contributed by atoms with Crippen molar-refractivity contribution in [1.29, 1.82) is 0 Å². The number of nitrogens with zero attached hydrogens (tertiary/aromatic N) is 1. The van der Waals surface area contributed by atoms with Gasteiger partial charge in [-0.05, 0) is 6.08 Å². The molecule has 2 nitrogen and oxygen atoms in total. The first-order valence-electron chi connectivity index (χ1n) is 2.19. The zero-order valence-corrected chi connectivity index (χ0v) is 4.46. The highest BCUT2D eigenvalue weighted by molar-refractivity contribution is 5.70. The molecule has 0 bridgehead atoms. The van der Waals surface area contributed by atoms with Crippen molar-refractivity contribution in [2.24, 2.45) is 10.7 Å². The van der Waals surface area contributed by atoms with Crippen LogP contribution in [0, 0.1) is 0 Å². The van der Waals surface area contributed by atoms with E-state index in [0.29, 0.717) is 6.54 Å². The molecule has 0 saturated carbocycles. The van der Waals surface area contributed by atoms with Crippen molar-refractivity contribution in [3.05, 3.63) is 12.2 Å². The Kier molecular flexibility index (Phi) is 4.89. The molecule has 0 spiro atoms. The smallest absolute Gasteiger partial charge is 0.0277 e. The van der Waals surface area contributed by atoms with Crippen molar-refractivity contribution in [3.63, 3.8) is 0 Å². The van der Waals surface area contributed by atoms with E-state index in [-0.39, 0.29) is 0 Å². The molecule has 0 aliphatic rings. The third-order valence-corrected chi connectivity index (χ3v) is 0.507. The largest absolute Gasteiger partial charge is 0.327 e. The first-order chi connectivity index (χ1) is 3.41. The minimum absolute atomic E-state index is 0.589. The molecule has 2 N–H and O–H groups in total. The standard InChI is InChI=1S/C5H10N2/c1-7-5-3-2-4-6/h2-3,5H,4,6H2,1H3/b3-2+,7-5?. The molecule has 0 aromatic carbocycles. The SMILES string of the molecule is CN=C/C=C/CN. The van der Waals surface area contributed by atoms with E-state index < -0.39 is 0 Å². The average molecular weight is 98.1 g/mol. The van der Waals surface area contributed by atoms with Crippen LogP contribution in [-0.2, 0) is 0 Å². The second-order valence-electron chi connectivity index (χ2n) is 1.07. The maximum atomic E-state index is 5.12. The van der Waals surface area contributed by atoms with Gasteiger partial charge in [-0.15, -0.1) is 0 Å². The molecule has 0 aliphatic heterocycles. The summed E-state index contributed by atoms with van der Waals surface area (Å²) in [6.07, 6.45) is 5.36. The lowest BCUT2D eigenvalue weighted by molar-refractivity contribution is 1.26. The van der Waals surface area contributed by atoms with Gasteiger partial charge in [0.1, 0.15) is 0 Å². The molecule has 0 fully saturated rings. The van der Waals surface area contributed by atoms with E-state index in [0.717, 1.165) is 0 Å². The lowest BCUT2D eigenvalue weighted by atomic mass is 10.5. The van der Waals surface area contributed by atoms with Crippen LogP contribution in [0.15, 0.2) is 17.1 Å². The minimum atomic E-state index is 0.589. The molecule has 7 heavy (non-hydrogen) atoms. The van der Waals surface area contributed by atoms with Gasteiger partial charge in [-0.25, -0.2) is 0 Å². The fourth-order valence-corrected chi connectivity index (χ4v) is 0.225. The van der Waals surface area contributed by atoms with Gasteiger partial charge in [0.25, 0.3) is 0 Å². The molecule has 0 heterocycles.